The van der Waals surface area contributed by atoms with Crippen LogP contribution in [0.15, 0.2) is 24.8 Å². The van der Waals surface area contributed by atoms with E-state index in [9.17, 15) is 4.79 Å². The predicted octanol–water partition coefficient (Wildman–Crippen LogP) is 2.07. The summed E-state index contributed by atoms with van der Waals surface area (Å²) in [4.78, 5) is 10.8. The maximum absolute atomic E-state index is 10.8. The summed E-state index contributed by atoms with van der Waals surface area (Å²) in [7, 11) is 0. The van der Waals surface area contributed by atoms with Gasteiger partial charge in [0, 0.05) is 6.42 Å². The van der Waals surface area contributed by atoms with Crippen molar-refractivity contribution < 1.29 is 9.53 Å². The number of esters is 1. The number of carbonyl (C=O) groups is 1. The Hall–Kier alpha value is -1.05. The van der Waals surface area contributed by atoms with Gasteiger partial charge in [0.1, 0.15) is 0 Å². The summed E-state index contributed by atoms with van der Waals surface area (Å²) in [6.07, 6.45) is 2.69. The van der Waals surface area contributed by atoms with Crippen LogP contribution in [0, 0.1) is 0 Å². The quantitative estimate of drug-likeness (QED) is 0.447. The minimum absolute atomic E-state index is 0.171. The van der Waals surface area contributed by atoms with Gasteiger partial charge in [-0.1, -0.05) is 24.8 Å². The molecule has 0 unspecified atom stereocenters. The Bertz CT molecular complexity index is 159. The summed E-state index contributed by atoms with van der Waals surface area (Å²) >= 11 is 0. The summed E-state index contributed by atoms with van der Waals surface area (Å²) in [6, 6.07) is 0. The highest BCUT2D eigenvalue weighted by atomic mass is 16.5. The normalized spacial score (nSPS) is 8.82. The first kappa shape index (κ1) is 9.95. The lowest BCUT2D eigenvalue weighted by Gasteiger charge is -2.00. The number of hydrogen-bond acceptors (Lipinski definition) is 2. The molecule has 0 rings (SSSR count). The van der Waals surface area contributed by atoms with Gasteiger partial charge in [0.2, 0.25) is 0 Å². The Morgan fingerprint density at radius 1 is 1.55 bits per heavy atom. The van der Waals surface area contributed by atoms with Crippen molar-refractivity contribution in [2.24, 2.45) is 0 Å². The molecule has 0 bridgehead atoms. The SMILES string of the molecule is C=CC(=C)CCC(=O)OCC. The zero-order valence-electron chi connectivity index (χ0n) is 6.93. The van der Waals surface area contributed by atoms with Crippen molar-refractivity contribution in [2.75, 3.05) is 6.61 Å². The third-order valence-corrected chi connectivity index (χ3v) is 1.24. The van der Waals surface area contributed by atoms with Gasteiger partial charge in [0.15, 0.2) is 0 Å². The monoisotopic (exact) mass is 154 g/mol. The zero-order valence-corrected chi connectivity index (χ0v) is 6.93. The van der Waals surface area contributed by atoms with Crippen molar-refractivity contribution in [1.29, 1.82) is 0 Å². The largest absolute Gasteiger partial charge is 0.466 e. The van der Waals surface area contributed by atoms with Crippen LogP contribution in [0.2, 0.25) is 0 Å². The molecule has 0 aromatic heterocycles. The summed E-state index contributed by atoms with van der Waals surface area (Å²) in [5.41, 5.74) is 0.873. The van der Waals surface area contributed by atoms with Crippen LogP contribution in [-0.4, -0.2) is 12.6 Å². The van der Waals surface area contributed by atoms with E-state index in [1.165, 1.54) is 0 Å². The third-order valence-electron chi connectivity index (χ3n) is 1.24. The molecular formula is C9H14O2. The summed E-state index contributed by atoms with van der Waals surface area (Å²) in [5, 5.41) is 0. The molecule has 0 heterocycles. The molecule has 0 aliphatic carbocycles. The highest BCUT2D eigenvalue weighted by molar-refractivity contribution is 5.69. The number of rotatable bonds is 5. The molecule has 0 amide bonds. The van der Waals surface area contributed by atoms with E-state index in [-0.39, 0.29) is 5.97 Å². The highest BCUT2D eigenvalue weighted by Crippen LogP contribution is 2.03. The fourth-order valence-corrected chi connectivity index (χ4v) is 0.598. The first-order chi connectivity index (χ1) is 5.20. The van der Waals surface area contributed by atoms with Gasteiger partial charge in [-0.3, -0.25) is 4.79 Å². The van der Waals surface area contributed by atoms with Gasteiger partial charge in [0.25, 0.3) is 0 Å². The predicted molar refractivity (Wildman–Crippen MR) is 45.2 cm³/mol. The smallest absolute Gasteiger partial charge is 0.306 e. The maximum atomic E-state index is 10.8. The average Bonchev–Trinajstić information content (AvgIpc) is 2.01. The third kappa shape index (κ3) is 5.40. The average molecular weight is 154 g/mol. The van der Waals surface area contributed by atoms with E-state index in [1.54, 1.807) is 13.0 Å². The molecule has 2 heteroatoms. The Morgan fingerprint density at radius 2 is 2.18 bits per heavy atom. The van der Waals surface area contributed by atoms with Gasteiger partial charge < -0.3 is 4.74 Å². The van der Waals surface area contributed by atoms with Gasteiger partial charge in [-0.05, 0) is 13.3 Å². The van der Waals surface area contributed by atoms with E-state index in [0.717, 1.165) is 5.57 Å². The van der Waals surface area contributed by atoms with Gasteiger partial charge in [0.05, 0.1) is 6.61 Å². The Kier molecular flexibility index (Phi) is 5.17. The number of ether oxygens (including phenoxy) is 1. The molecule has 0 fully saturated rings. The maximum Gasteiger partial charge on any atom is 0.306 e. The molecule has 0 aliphatic heterocycles. The zero-order chi connectivity index (χ0) is 8.69. The molecule has 0 radical (unpaired) electrons. The fourth-order valence-electron chi connectivity index (χ4n) is 0.598. The van der Waals surface area contributed by atoms with Crippen molar-refractivity contribution in [3.8, 4) is 0 Å². The molecule has 62 valence electrons. The van der Waals surface area contributed by atoms with Crippen LogP contribution < -0.4 is 0 Å². The highest BCUT2D eigenvalue weighted by Gasteiger charge is 2.00. The summed E-state index contributed by atoms with van der Waals surface area (Å²) in [6.45, 7) is 9.45. The standard InChI is InChI=1S/C9H14O2/c1-4-8(3)6-7-9(10)11-5-2/h4H,1,3,5-7H2,2H3. The van der Waals surface area contributed by atoms with Gasteiger partial charge >= 0.3 is 5.97 Å². The van der Waals surface area contributed by atoms with Gasteiger partial charge in [-0.15, -0.1) is 0 Å². The molecule has 0 saturated carbocycles. The summed E-state index contributed by atoms with van der Waals surface area (Å²) < 4.78 is 4.72. The van der Waals surface area contributed by atoms with Gasteiger partial charge in [-0.2, -0.15) is 0 Å². The van der Waals surface area contributed by atoms with Crippen molar-refractivity contribution in [3.05, 3.63) is 24.8 Å². The van der Waals surface area contributed by atoms with Crippen LogP contribution in [0.25, 0.3) is 0 Å². The molecule has 0 aromatic carbocycles. The lowest BCUT2D eigenvalue weighted by molar-refractivity contribution is -0.143. The summed E-state index contributed by atoms with van der Waals surface area (Å²) in [5.74, 6) is -0.171. The molecule has 0 N–H and O–H groups in total. The Balaban J connectivity index is 3.45. The number of carbonyl (C=O) groups excluding carboxylic acids is 1. The molecule has 2 nitrogen and oxygen atoms in total. The molecule has 0 saturated heterocycles. The van der Waals surface area contributed by atoms with E-state index in [1.807, 2.05) is 0 Å². The van der Waals surface area contributed by atoms with E-state index in [2.05, 4.69) is 13.2 Å². The van der Waals surface area contributed by atoms with Crippen LogP contribution in [0.4, 0.5) is 0 Å². The molecule has 0 aromatic rings. The number of hydrogen-bond donors (Lipinski definition) is 0. The van der Waals surface area contributed by atoms with E-state index >= 15 is 0 Å². The molecule has 11 heavy (non-hydrogen) atoms. The minimum Gasteiger partial charge on any atom is -0.466 e. The van der Waals surface area contributed by atoms with E-state index < -0.39 is 0 Å². The number of allylic oxidation sites excluding steroid dienone is 2. The first-order valence-electron chi connectivity index (χ1n) is 3.66. The lowest BCUT2D eigenvalue weighted by Crippen LogP contribution is -2.03. The van der Waals surface area contributed by atoms with Crippen LogP contribution in [0.3, 0.4) is 0 Å². The molecule has 0 atom stereocenters. The Morgan fingerprint density at radius 3 is 2.64 bits per heavy atom. The van der Waals surface area contributed by atoms with Crippen molar-refractivity contribution in [2.45, 2.75) is 19.8 Å². The van der Waals surface area contributed by atoms with Crippen molar-refractivity contribution in [3.63, 3.8) is 0 Å². The second kappa shape index (κ2) is 5.71. The van der Waals surface area contributed by atoms with Crippen molar-refractivity contribution in [1.82, 2.24) is 0 Å². The van der Waals surface area contributed by atoms with E-state index in [4.69, 9.17) is 4.74 Å². The van der Waals surface area contributed by atoms with Crippen LogP contribution >= 0.6 is 0 Å². The molecular weight excluding hydrogens is 140 g/mol. The van der Waals surface area contributed by atoms with Crippen LogP contribution in [0.1, 0.15) is 19.8 Å². The lowest BCUT2D eigenvalue weighted by atomic mass is 10.2. The second-order valence-electron chi connectivity index (χ2n) is 2.17. The minimum atomic E-state index is -0.171. The molecule has 0 aliphatic rings. The topological polar surface area (TPSA) is 26.3 Å². The van der Waals surface area contributed by atoms with Crippen LogP contribution in [0.5, 0.6) is 0 Å². The second-order valence-corrected chi connectivity index (χ2v) is 2.17. The van der Waals surface area contributed by atoms with Crippen molar-refractivity contribution >= 4 is 5.97 Å². The van der Waals surface area contributed by atoms with Crippen LogP contribution in [-0.2, 0) is 9.53 Å². The van der Waals surface area contributed by atoms with Gasteiger partial charge in [-0.25, -0.2) is 0 Å². The Labute approximate surface area is 67.6 Å². The molecule has 0 spiro atoms. The first-order valence-corrected chi connectivity index (χ1v) is 3.66. The van der Waals surface area contributed by atoms with E-state index in [0.29, 0.717) is 19.4 Å². The fraction of sp³-hybridized carbons (Fsp3) is 0.444.